The van der Waals surface area contributed by atoms with Crippen LogP contribution in [-0.2, 0) is 0 Å². The fourth-order valence-corrected chi connectivity index (χ4v) is 3.28. The first-order chi connectivity index (χ1) is 9.79. The maximum Gasteiger partial charge on any atom is 0.316 e. The summed E-state index contributed by atoms with van der Waals surface area (Å²) in [7, 11) is 0. The van der Waals surface area contributed by atoms with Crippen molar-refractivity contribution in [2.24, 2.45) is 5.92 Å². The molecule has 0 aromatic carbocycles. The predicted octanol–water partition coefficient (Wildman–Crippen LogP) is 2.65. The minimum Gasteiger partial charge on any atom is -0.460 e. The minimum atomic E-state index is -0.427. The van der Waals surface area contributed by atoms with E-state index in [1.165, 1.54) is 32.2 Å². The summed E-state index contributed by atoms with van der Waals surface area (Å²) in [5.74, 6) is 0.483. The summed E-state index contributed by atoms with van der Waals surface area (Å²) in [6.45, 7) is 3.42. The van der Waals surface area contributed by atoms with Crippen LogP contribution in [0, 0.1) is 11.7 Å². The molecule has 0 spiro atoms. The molecule has 0 amide bonds. The number of nitrogens with zero attached hydrogens (tertiary/aromatic N) is 3. The van der Waals surface area contributed by atoms with Gasteiger partial charge in [-0.2, -0.15) is 0 Å². The lowest BCUT2D eigenvalue weighted by Crippen LogP contribution is -2.40. The van der Waals surface area contributed by atoms with Gasteiger partial charge in [0.1, 0.15) is 6.10 Å². The van der Waals surface area contributed by atoms with Crippen LogP contribution in [0.4, 0.5) is 4.39 Å². The molecule has 110 valence electrons. The molecule has 1 saturated carbocycles. The minimum absolute atomic E-state index is 0.167. The number of piperidine rings is 1. The van der Waals surface area contributed by atoms with Crippen molar-refractivity contribution in [2.45, 2.75) is 44.6 Å². The van der Waals surface area contributed by atoms with Crippen LogP contribution in [0.2, 0.25) is 0 Å². The lowest BCUT2D eigenvalue weighted by molar-refractivity contribution is 0.0845. The molecule has 2 heterocycles. The summed E-state index contributed by atoms with van der Waals surface area (Å²) in [4.78, 5) is 10.3. The van der Waals surface area contributed by atoms with Gasteiger partial charge in [-0.1, -0.05) is 12.8 Å². The fraction of sp³-hybridized carbons (Fsp3) is 0.733. The van der Waals surface area contributed by atoms with Crippen molar-refractivity contribution >= 4 is 0 Å². The van der Waals surface area contributed by atoms with Crippen LogP contribution >= 0.6 is 0 Å². The second-order valence-electron chi connectivity index (χ2n) is 5.95. The zero-order valence-corrected chi connectivity index (χ0v) is 11.8. The van der Waals surface area contributed by atoms with Gasteiger partial charge in [0.05, 0.1) is 12.4 Å². The second kappa shape index (κ2) is 6.48. The Morgan fingerprint density at radius 3 is 2.40 bits per heavy atom. The van der Waals surface area contributed by atoms with Gasteiger partial charge in [-0.05, 0) is 31.6 Å². The Bertz CT molecular complexity index is 412. The van der Waals surface area contributed by atoms with E-state index in [0.717, 1.165) is 44.2 Å². The van der Waals surface area contributed by atoms with Crippen LogP contribution in [0.15, 0.2) is 12.4 Å². The molecule has 0 bridgehead atoms. The van der Waals surface area contributed by atoms with Crippen molar-refractivity contribution in [1.29, 1.82) is 0 Å². The Hall–Kier alpha value is -1.23. The molecule has 0 atom stereocenters. The number of rotatable bonds is 4. The van der Waals surface area contributed by atoms with Gasteiger partial charge in [-0.3, -0.25) is 0 Å². The van der Waals surface area contributed by atoms with Gasteiger partial charge in [0.15, 0.2) is 5.82 Å². The molecular weight excluding hydrogens is 257 g/mol. The summed E-state index contributed by atoms with van der Waals surface area (Å²) in [5, 5.41) is 0. The number of likely N-dealkylation sites (tertiary alicyclic amines) is 1. The summed E-state index contributed by atoms with van der Waals surface area (Å²) in [6, 6.07) is 0.292. The van der Waals surface area contributed by atoms with Gasteiger partial charge in [0.25, 0.3) is 0 Å². The molecule has 1 aliphatic carbocycles. The van der Waals surface area contributed by atoms with Crippen LogP contribution in [0.25, 0.3) is 0 Å². The molecule has 4 nitrogen and oxygen atoms in total. The average Bonchev–Trinajstić information content (AvgIpc) is 2.96. The van der Waals surface area contributed by atoms with E-state index >= 15 is 0 Å². The van der Waals surface area contributed by atoms with E-state index in [2.05, 4.69) is 14.9 Å². The first-order valence-electron chi connectivity index (χ1n) is 7.66. The van der Waals surface area contributed by atoms with Crippen molar-refractivity contribution in [1.82, 2.24) is 14.9 Å². The van der Waals surface area contributed by atoms with Crippen LogP contribution in [0.5, 0.6) is 6.01 Å². The molecule has 1 aromatic heterocycles. The van der Waals surface area contributed by atoms with Gasteiger partial charge in [-0.15, -0.1) is 0 Å². The molecule has 3 rings (SSSR count). The van der Waals surface area contributed by atoms with Gasteiger partial charge in [-0.25, -0.2) is 14.4 Å². The molecule has 1 saturated heterocycles. The van der Waals surface area contributed by atoms with Gasteiger partial charge >= 0.3 is 6.01 Å². The highest BCUT2D eigenvalue weighted by molar-refractivity contribution is 4.96. The van der Waals surface area contributed by atoms with Crippen LogP contribution in [0.3, 0.4) is 0 Å². The zero-order chi connectivity index (χ0) is 13.8. The Kier molecular flexibility index (Phi) is 4.45. The number of hydrogen-bond donors (Lipinski definition) is 0. The Morgan fingerprint density at radius 1 is 1.10 bits per heavy atom. The van der Waals surface area contributed by atoms with Crippen molar-refractivity contribution in [3.05, 3.63) is 18.2 Å². The lowest BCUT2D eigenvalue weighted by Gasteiger charge is -2.33. The molecule has 1 aliphatic heterocycles. The van der Waals surface area contributed by atoms with Gasteiger partial charge in [0, 0.05) is 19.6 Å². The Morgan fingerprint density at radius 2 is 1.75 bits per heavy atom. The zero-order valence-electron chi connectivity index (χ0n) is 11.8. The normalized spacial score (nSPS) is 22.2. The van der Waals surface area contributed by atoms with E-state index in [-0.39, 0.29) is 6.10 Å². The predicted molar refractivity (Wildman–Crippen MR) is 74.0 cm³/mol. The van der Waals surface area contributed by atoms with E-state index in [0.29, 0.717) is 6.01 Å². The highest BCUT2D eigenvalue weighted by Gasteiger charge is 2.24. The smallest absolute Gasteiger partial charge is 0.316 e. The van der Waals surface area contributed by atoms with Gasteiger partial charge in [0.2, 0.25) is 0 Å². The first kappa shape index (κ1) is 13.7. The molecule has 0 radical (unpaired) electrons. The quantitative estimate of drug-likeness (QED) is 0.849. The third-order valence-corrected chi connectivity index (χ3v) is 4.39. The Labute approximate surface area is 119 Å². The molecular formula is C15H22FN3O. The summed E-state index contributed by atoms with van der Waals surface area (Å²) in [6.07, 6.45) is 10.1. The van der Waals surface area contributed by atoms with Crippen LogP contribution in [0.1, 0.15) is 38.5 Å². The van der Waals surface area contributed by atoms with E-state index in [9.17, 15) is 4.39 Å². The molecule has 5 heteroatoms. The van der Waals surface area contributed by atoms with E-state index in [1.54, 1.807) is 0 Å². The van der Waals surface area contributed by atoms with E-state index in [4.69, 9.17) is 4.74 Å². The highest BCUT2D eigenvalue weighted by Crippen LogP contribution is 2.26. The average molecular weight is 279 g/mol. The summed E-state index contributed by atoms with van der Waals surface area (Å²) < 4.78 is 18.4. The van der Waals surface area contributed by atoms with Crippen molar-refractivity contribution in [2.75, 3.05) is 19.6 Å². The molecule has 0 N–H and O–H groups in total. The molecule has 1 aromatic rings. The topological polar surface area (TPSA) is 38.2 Å². The largest absolute Gasteiger partial charge is 0.460 e. The number of hydrogen-bond acceptors (Lipinski definition) is 4. The number of aromatic nitrogens is 2. The van der Waals surface area contributed by atoms with Crippen molar-refractivity contribution in [3.63, 3.8) is 0 Å². The number of halogens is 1. The second-order valence-corrected chi connectivity index (χ2v) is 5.95. The van der Waals surface area contributed by atoms with Crippen LogP contribution < -0.4 is 4.74 Å². The molecule has 2 aliphatic rings. The standard InChI is InChI=1S/C15H22FN3O/c16-13-9-17-15(18-10-13)20-14-5-7-19(8-6-14)11-12-3-1-2-4-12/h9-10,12,14H,1-8,11H2. The lowest BCUT2D eigenvalue weighted by atomic mass is 10.0. The van der Waals surface area contributed by atoms with Gasteiger partial charge < -0.3 is 9.64 Å². The van der Waals surface area contributed by atoms with Crippen LogP contribution in [-0.4, -0.2) is 40.6 Å². The molecule has 0 unspecified atom stereocenters. The van der Waals surface area contributed by atoms with Crippen molar-refractivity contribution < 1.29 is 9.13 Å². The monoisotopic (exact) mass is 279 g/mol. The van der Waals surface area contributed by atoms with E-state index < -0.39 is 5.82 Å². The summed E-state index contributed by atoms with van der Waals surface area (Å²) in [5.41, 5.74) is 0. The van der Waals surface area contributed by atoms with Crippen molar-refractivity contribution in [3.8, 4) is 6.01 Å². The highest BCUT2D eigenvalue weighted by atomic mass is 19.1. The maximum atomic E-state index is 12.7. The van der Waals surface area contributed by atoms with E-state index in [1.807, 2.05) is 0 Å². The maximum absolute atomic E-state index is 12.7. The summed E-state index contributed by atoms with van der Waals surface area (Å²) >= 11 is 0. The third kappa shape index (κ3) is 3.66. The molecule has 2 fully saturated rings. The number of ether oxygens (including phenoxy) is 1. The Balaban J connectivity index is 1.42. The molecule has 20 heavy (non-hydrogen) atoms. The first-order valence-corrected chi connectivity index (χ1v) is 7.66. The SMILES string of the molecule is Fc1cnc(OC2CCN(CC3CCCC3)CC2)nc1. The fourth-order valence-electron chi connectivity index (χ4n) is 3.28. The third-order valence-electron chi connectivity index (χ3n) is 4.39.